The van der Waals surface area contributed by atoms with Gasteiger partial charge in [-0.25, -0.2) is 0 Å². The molecule has 0 aliphatic carbocycles. The molecule has 0 atom stereocenters. The van der Waals surface area contributed by atoms with Gasteiger partial charge in [-0.3, -0.25) is 9.59 Å². The van der Waals surface area contributed by atoms with Crippen LogP contribution in [0.5, 0.6) is 5.75 Å². The van der Waals surface area contributed by atoms with Crippen molar-refractivity contribution in [3.8, 4) is 5.75 Å². The van der Waals surface area contributed by atoms with E-state index in [1.165, 1.54) is 6.07 Å². The van der Waals surface area contributed by atoms with E-state index in [1.807, 2.05) is 29.2 Å². The molecule has 1 aliphatic rings. The molecule has 0 spiro atoms. The maximum Gasteiger partial charge on any atom is 0.254 e. The second kappa shape index (κ2) is 7.86. The zero-order valence-electron chi connectivity index (χ0n) is 13.7. The number of carbonyl (C=O) groups excluding carboxylic acids is 2. The van der Waals surface area contributed by atoms with Gasteiger partial charge in [-0.05, 0) is 59.3 Å². The lowest BCUT2D eigenvalue weighted by Crippen LogP contribution is -2.37. The topological polar surface area (TPSA) is 60.9 Å². The van der Waals surface area contributed by atoms with Crippen LogP contribution < -0.4 is 0 Å². The number of hydrogen-bond donors (Lipinski definition) is 1. The zero-order chi connectivity index (χ0) is 17.8. The summed E-state index contributed by atoms with van der Waals surface area (Å²) in [5, 5.41) is 9.56. The summed E-state index contributed by atoms with van der Waals surface area (Å²) in [6, 6.07) is 13.9. The van der Waals surface area contributed by atoms with Crippen molar-refractivity contribution >= 4 is 34.4 Å². The molecular formula is C19H19IN2O3. The van der Waals surface area contributed by atoms with Crippen LogP contribution in [0.15, 0.2) is 48.5 Å². The van der Waals surface area contributed by atoms with Crippen molar-refractivity contribution in [3.05, 3.63) is 63.2 Å². The highest BCUT2D eigenvalue weighted by molar-refractivity contribution is 14.1. The first kappa shape index (κ1) is 17.7. The van der Waals surface area contributed by atoms with Crippen LogP contribution >= 0.6 is 22.6 Å². The Balaban J connectivity index is 1.69. The van der Waals surface area contributed by atoms with Crippen molar-refractivity contribution in [1.82, 2.24) is 9.80 Å². The van der Waals surface area contributed by atoms with Crippen molar-refractivity contribution in [2.24, 2.45) is 0 Å². The Bertz CT molecular complexity index is 794. The summed E-state index contributed by atoms with van der Waals surface area (Å²) >= 11 is 2.17. The third kappa shape index (κ3) is 4.12. The highest BCUT2D eigenvalue weighted by atomic mass is 127. The van der Waals surface area contributed by atoms with Crippen LogP contribution in [-0.4, -0.2) is 52.9 Å². The molecule has 1 N–H and O–H groups in total. The fourth-order valence-electron chi connectivity index (χ4n) is 2.95. The van der Waals surface area contributed by atoms with Gasteiger partial charge in [0.05, 0.1) is 5.56 Å². The van der Waals surface area contributed by atoms with Gasteiger partial charge in [-0.15, -0.1) is 0 Å². The minimum Gasteiger partial charge on any atom is -0.508 e. The molecule has 1 fully saturated rings. The van der Waals surface area contributed by atoms with E-state index < -0.39 is 0 Å². The van der Waals surface area contributed by atoms with Crippen LogP contribution in [0.4, 0.5) is 0 Å². The number of benzene rings is 2. The molecule has 0 saturated carbocycles. The number of carbonyl (C=O) groups is 2. The van der Waals surface area contributed by atoms with Crippen LogP contribution in [0.1, 0.15) is 27.1 Å². The van der Waals surface area contributed by atoms with Gasteiger partial charge in [0.15, 0.2) is 0 Å². The molecule has 130 valence electrons. The molecule has 2 aromatic carbocycles. The van der Waals surface area contributed by atoms with Crippen molar-refractivity contribution in [1.29, 1.82) is 0 Å². The normalized spacial score (nSPS) is 14.9. The molecule has 2 amide bonds. The van der Waals surface area contributed by atoms with Crippen molar-refractivity contribution in [3.63, 3.8) is 0 Å². The van der Waals surface area contributed by atoms with Crippen LogP contribution in [0.25, 0.3) is 0 Å². The van der Waals surface area contributed by atoms with Gasteiger partial charge in [0, 0.05) is 35.3 Å². The molecule has 25 heavy (non-hydrogen) atoms. The lowest BCUT2D eigenvalue weighted by Gasteiger charge is -2.22. The Morgan fingerprint density at radius 2 is 1.56 bits per heavy atom. The maximum atomic E-state index is 12.7. The number of phenolic OH excluding ortho intramolecular Hbond substituents is 1. The van der Waals surface area contributed by atoms with E-state index in [1.54, 1.807) is 23.1 Å². The molecule has 0 unspecified atom stereocenters. The van der Waals surface area contributed by atoms with Gasteiger partial charge in [0.2, 0.25) is 0 Å². The van der Waals surface area contributed by atoms with E-state index in [0.717, 1.165) is 9.99 Å². The molecule has 1 aliphatic heterocycles. The Labute approximate surface area is 160 Å². The third-order valence-electron chi connectivity index (χ3n) is 4.27. The summed E-state index contributed by atoms with van der Waals surface area (Å²) in [6.45, 7) is 2.23. The Kier molecular flexibility index (Phi) is 5.57. The maximum absolute atomic E-state index is 12.7. The Morgan fingerprint density at radius 1 is 0.880 bits per heavy atom. The van der Waals surface area contributed by atoms with Crippen LogP contribution in [0, 0.1) is 3.57 Å². The van der Waals surface area contributed by atoms with Crippen LogP contribution in [-0.2, 0) is 0 Å². The van der Waals surface area contributed by atoms with E-state index in [0.29, 0.717) is 37.3 Å². The molecule has 6 heteroatoms. The molecule has 0 aromatic heterocycles. The van der Waals surface area contributed by atoms with Gasteiger partial charge in [-0.1, -0.05) is 18.2 Å². The van der Waals surface area contributed by atoms with Gasteiger partial charge in [0.1, 0.15) is 5.75 Å². The number of halogens is 1. The third-order valence-corrected chi connectivity index (χ3v) is 5.21. The number of hydrogen-bond acceptors (Lipinski definition) is 3. The van der Waals surface area contributed by atoms with Crippen LogP contribution in [0.2, 0.25) is 0 Å². The number of nitrogens with zero attached hydrogens (tertiary/aromatic N) is 2. The van der Waals surface area contributed by atoms with Gasteiger partial charge in [-0.2, -0.15) is 0 Å². The van der Waals surface area contributed by atoms with Gasteiger partial charge in [0.25, 0.3) is 11.8 Å². The highest BCUT2D eigenvalue weighted by Gasteiger charge is 2.24. The summed E-state index contributed by atoms with van der Waals surface area (Å²) in [7, 11) is 0. The number of phenols is 1. The number of aromatic hydroxyl groups is 1. The Hall–Kier alpha value is -2.09. The van der Waals surface area contributed by atoms with Crippen molar-refractivity contribution in [2.75, 3.05) is 26.2 Å². The second-order valence-electron chi connectivity index (χ2n) is 5.97. The van der Waals surface area contributed by atoms with Crippen LogP contribution in [0.3, 0.4) is 0 Å². The lowest BCUT2D eigenvalue weighted by atomic mass is 10.2. The summed E-state index contributed by atoms with van der Waals surface area (Å²) in [6.07, 6.45) is 0.736. The quantitative estimate of drug-likeness (QED) is 0.716. The molecular weight excluding hydrogens is 431 g/mol. The predicted octanol–water partition coefficient (Wildman–Crippen LogP) is 2.99. The first-order valence-electron chi connectivity index (χ1n) is 8.18. The predicted molar refractivity (Wildman–Crippen MR) is 104 cm³/mol. The lowest BCUT2D eigenvalue weighted by molar-refractivity contribution is 0.0718. The highest BCUT2D eigenvalue weighted by Crippen LogP contribution is 2.17. The molecule has 0 bridgehead atoms. The van der Waals surface area contributed by atoms with Crippen molar-refractivity contribution in [2.45, 2.75) is 6.42 Å². The molecule has 2 aromatic rings. The minimum absolute atomic E-state index is 0.0108. The average Bonchev–Trinajstić information content (AvgIpc) is 2.87. The molecule has 1 heterocycles. The molecule has 5 nitrogen and oxygen atoms in total. The summed E-state index contributed by atoms with van der Waals surface area (Å²) in [5.41, 5.74) is 1.17. The van der Waals surface area contributed by atoms with E-state index in [9.17, 15) is 14.7 Å². The summed E-state index contributed by atoms with van der Waals surface area (Å²) in [5.74, 6) is -0.0210. The minimum atomic E-state index is -0.112. The van der Waals surface area contributed by atoms with Crippen molar-refractivity contribution < 1.29 is 14.7 Å². The van der Waals surface area contributed by atoms with Gasteiger partial charge >= 0.3 is 0 Å². The van der Waals surface area contributed by atoms with E-state index in [2.05, 4.69) is 22.6 Å². The number of amides is 2. The fraction of sp³-hybridized carbons (Fsp3) is 0.263. The first-order chi connectivity index (χ1) is 12.1. The Morgan fingerprint density at radius 3 is 2.24 bits per heavy atom. The largest absolute Gasteiger partial charge is 0.508 e. The standard InChI is InChI=1S/C19H19IN2O3/c20-17-8-2-1-7-16(17)19(25)22-10-4-9-21(11-12-22)18(24)14-5-3-6-15(23)13-14/h1-3,5-8,13,23H,4,9-12H2. The van der Waals surface area contributed by atoms with Gasteiger partial charge < -0.3 is 14.9 Å². The summed E-state index contributed by atoms with van der Waals surface area (Å²) < 4.78 is 0.932. The van der Waals surface area contributed by atoms with E-state index in [-0.39, 0.29) is 17.6 Å². The average molecular weight is 450 g/mol. The molecule has 1 saturated heterocycles. The monoisotopic (exact) mass is 450 g/mol. The summed E-state index contributed by atoms with van der Waals surface area (Å²) in [4.78, 5) is 28.9. The number of rotatable bonds is 2. The zero-order valence-corrected chi connectivity index (χ0v) is 15.8. The van der Waals surface area contributed by atoms with E-state index >= 15 is 0 Å². The van der Waals surface area contributed by atoms with E-state index in [4.69, 9.17) is 0 Å². The first-order valence-corrected chi connectivity index (χ1v) is 9.26. The SMILES string of the molecule is O=C(c1cccc(O)c1)N1CCCN(C(=O)c2ccccc2I)CC1. The second-order valence-corrected chi connectivity index (χ2v) is 7.13. The fourth-order valence-corrected chi connectivity index (χ4v) is 3.57. The smallest absolute Gasteiger partial charge is 0.254 e. The molecule has 3 rings (SSSR count). The molecule has 0 radical (unpaired) electrons.